The number of nitrogens with zero attached hydrogens (tertiary/aromatic N) is 2. The Hall–Kier alpha value is -1.83. The molecule has 0 radical (unpaired) electrons. The number of carbonyl (C=O) groups excluding carboxylic acids is 1. The lowest BCUT2D eigenvalue weighted by Crippen LogP contribution is -2.49. The van der Waals surface area contributed by atoms with Crippen LogP contribution in [0, 0.1) is 5.92 Å². The molecule has 8 heteroatoms. The number of piperidine rings is 1. The van der Waals surface area contributed by atoms with Gasteiger partial charge in [0.15, 0.2) is 0 Å². The highest BCUT2D eigenvalue weighted by atomic mass is 19.4. The molecule has 3 rings (SSSR count). The van der Waals surface area contributed by atoms with Crippen LogP contribution in [-0.4, -0.2) is 48.1 Å². The molecule has 0 aliphatic carbocycles. The summed E-state index contributed by atoms with van der Waals surface area (Å²) in [6.45, 7) is 2.72. The average molecular weight is 371 g/mol. The maximum Gasteiger partial charge on any atom is 0.433 e. The third-order valence-electron chi connectivity index (χ3n) is 5.08. The van der Waals surface area contributed by atoms with Crippen molar-refractivity contribution in [3.05, 3.63) is 23.9 Å². The quantitative estimate of drug-likeness (QED) is 0.884. The number of hydrogen-bond donors (Lipinski definition) is 1. The summed E-state index contributed by atoms with van der Waals surface area (Å²) >= 11 is 0. The fourth-order valence-corrected chi connectivity index (χ4v) is 3.56. The number of rotatable bonds is 4. The largest absolute Gasteiger partial charge is 0.477 e. The van der Waals surface area contributed by atoms with Gasteiger partial charge in [0.25, 0.3) is 0 Å². The van der Waals surface area contributed by atoms with Gasteiger partial charge in [0.05, 0.1) is 12.6 Å². The summed E-state index contributed by atoms with van der Waals surface area (Å²) in [5.74, 6) is 0.382. The Bertz CT molecular complexity index is 616. The molecule has 2 saturated heterocycles. The molecule has 26 heavy (non-hydrogen) atoms. The lowest BCUT2D eigenvalue weighted by Gasteiger charge is -2.36. The number of hydrogen-bond acceptors (Lipinski definition) is 4. The van der Waals surface area contributed by atoms with E-state index in [0.29, 0.717) is 6.61 Å². The van der Waals surface area contributed by atoms with Crippen molar-refractivity contribution in [3.63, 3.8) is 0 Å². The first-order valence-electron chi connectivity index (χ1n) is 9.12. The van der Waals surface area contributed by atoms with Crippen molar-refractivity contribution in [3.8, 4) is 5.88 Å². The van der Waals surface area contributed by atoms with Crippen molar-refractivity contribution in [1.82, 2.24) is 15.2 Å². The van der Waals surface area contributed by atoms with Crippen LogP contribution in [0.2, 0.25) is 0 Å². The number of alkyl halides is 3. The van der Waals surface area contributed by atoms with Crippen LogP contribution in [0.1, 0.15) is 37.8 Å². The molecule has 0 bridgehead atoms. The molecule has 0 spiro atoms. The molecule has 1 atom stereocenters. The maximum absolute atomic E-state index is 12.7. The summed E-state index contributed by atoms with van der Waals surface area (Å²) in [5, 5.41) is 2.96. The molecule has 0 saturated carbocycles. The number of halogens is 3. The fraction of sp³-hybridized carbons (Fsp3) is 0.667. The number of likely N-dealkylation sites (tertiary alicyclic amines) is 1. The Morgan fingerprint density at radius 3 is 2.69 bits per heavy atom. The Labute approximate surface area is 150 Å². The van der Waals surface area contributed by atoms with Crippen LogP contribution in [-0.2, 0) is 11.0 Å². The third-order valence-corrected chi connectivity index (χ3v) is 5.08. The van der Waals surface area contributed by atoms with E-state index in [1.165, 1.54) is 12.1 Å². The molecule has 2 aliphatic heterocycles. The highest BCUT2D eigenvalue weighted by molar-refractivity contribution is 5.81. The van der Waals surface area contributed by atoms with Crippen molar-refractivity contribution in [1.29, 1.82) is 0 Å². The molecule has 1 unspecified atom stereocenters. The standard InChI is InChI=1S/C18H24F3N3O2/c19-18(20,21)15-5-3-6-16(23-15)26-12-13-7-10-24(11-8-13)14-4-1-2-9-22-17(14)25/h3,5-6,13-14H,1-2,4,7-12H2,(H,22,25). The molecule has 0 aromatic carbocycles. The second-order valence-electron chi connectivity index (χ2n) is 6.95. The highest BCUT2D eigenvalue weighted by Gasteiger charge is 2.33. The summed E-state index contributed by atoms with van der Waals surface area (Å²) < 4.78 is 43.6. The van der Waals surface area contributed by atoms with Crippen molar-refractivity contribution in [2.45, 2.75) is 44.3 Å². The minimum Gasteiger partial charge on any atom is -0.477 e. The summed E-state index contributed by atoms with van der Waals surface area (Å²) in [6, 6.07) is 3.63. The third kappa shape index (κ3) is 4.87. The molecule has 1 aromatic rings. The lowest BCUT2D eigenvalue weighted by molar-refractivity contribution is -0.141. The molecule has 2 fully saturated rings. The lowest BCUT2D eigenvalue weighted by atomic mass is 9.95. The van der Waals surface area contributed by atoms with Gasteiger partial charge in [-0.05, 0) is 57.2 Å². The average Bonchev–Trinajstić information content (AvgIpc) is 2.84. The molecule has 1 aromatic heterocycles. The van der Waals surface area contributed by atoms with Crippen LogP contribution in [0.25, 0.3) is 0 Å². The van der Waals surface area contributed by atoms with E-state index in [1.54, 1.807) is 0 Å². The van der Waals surface area contributed by atoms with Gasteiger partial charge in [0.1, 0.15) is 5.69 Å². The monoisotopic (exact) mass is 371 g/mol. The molecular formula is C18H24F3N3O2. The number of ether oxygens (including phenoxy) is 1. The first-order chi connectivity index (χ1) is 12.4. The van der Waals surface area contributed by atoms with E-state index in [-0.39, 0.29) is 23.7 Å². The second kappa shape index (κ2) is 8.24. The van der Waals surface area contributed by atoms with Crippen LogP contribution in [0.5, 0.6) is 5.88 Å². The summed E-state index contributed by atoms with van der Waals surface area (Å²) in [6.07, 6.45) is 0.223. The van der Waals surface area contributed by atoms with Crippen molar-refractivity contribution in [2.24, 2.45) is 5.92 Å². The van der Waals surface area contributed by atoms with Gasteiger partial charge < -0.3 is 10.1 Å². The zero-order chi connectivity index (χ0) is 18.6. The summed E-state index contributed by atoms with van der Waals surface area (Å²) in [4.78, 5) is 17.9. The van der Waals surface area contributed by atoms with Gasteiger partial charge in [-0.15, -0.1) is 0 Å². The van der Waals surface area contributed by atoms with E-state index >= 15 is 0 Å². The predicted molar refractivity (Wildman–Crippen MR) is 89.7 cm³/mol. The van der Waals surface area contributed by atoms with Crippen molar-refractivity contribution in [2.75, 3.05) is 26.2 Å². The van der Waals surface area contributed by atoms with Gasteiger partial charge in [-0.2, -0.15) is 13.2 Å². The van der Waals surface area contributed by atoms with Gasteiger partial charge in [0.2, 0.25) is 11.8 Å². The van der Waals surface area contributed by atoms with Crippen LogP contribution in [0.3, 0.4) is 0 Å². The molecule has 144 valence electrons. The molecule has 1 N–H and O–H groups in total. The first-order valence-corrected chi connectivity index (χ1v) is 9.12. The molecule has 3 heterocycles. The number of amides is 1. The number of nitrogens with one attached hydrogen (secondary N) is 1. The SMILES string of the molecule is O=C1NCCCCC1N1CCC(COc2cccc(C(F)(F)F)n2)CC1. The van der Waals surface area contributed by atoms with E-state index in [4.69, 9.17) is 4.74 Å². The van der Waals surface area contributed by atoms with E-state index in [0.717, 1.165) is 57.8 Å². The smallest absolute Gasteiger partial charge is 0.433 e. The van der Waals surface area contributed by atoms with E-state index < -0.39 is 11.9 Å². The van der Waals surface area contributed by atoms with Crippen LogP contribution in [0.4, 0.5) is 13.2 Å². The van der Waals surface area contributed by atoms with E-state index in [9.17, 15) is 18.0 Å². The van der Waals surface area contributed by atoms with Crippen molar-refractivity contribution < 1.29 is 22.7 Å². The van der Waals surface area contributed by atoms with Crippen LogP contribution < -0.4 is 10.1 Å². The Balaban J connectivity index is 1.48. The summed E-state index contributed by atoms with van der Waals surface area (Å²) in [7, 11) is 0. The normalized spacial score (nSPS) is 23.3. The van der Waals surface area contributed by atoms with Gasteiger partial charge in [-0.25, -0.2) is 4.98 Å². The molecule has 2 aliphatic rings. The number of aromatic nitrogens is 1. The molecule has 1 amide bonds. The second-order valence-corrected chi connectivity index (χ2v) is 6.95. The Morgan fingerprint density at radius 2 is 1.96 bits per heavy atom. The maximum atomic E-state index is 12.7. The predicted octanol–water partition coefficient (Wildman–Crippen LogP) is 2.86. The van der Waals surface area contributed by atoms with Gasteiger partial charge in [-0.3, -0.25) is 9.69 Å². The fourth-order valence-electron chi connectivity index (χ4n) is 3.56. The zero-order valence-electron chi connectivity index (χ0n) is 14.6. The van der Waals surface area contributed by atoms with Crippen molar-refractivity contribution >= 4 is 5.91 Å². The minimum absolute atomic E-state index is 0.00500. The number of carbonyl (C=O) groups is 1. The Morgan fingerprint density at radius 1 is 1.19 bits per heavy atom. The Kier molecular flexibility index (Phi) is 6.01. The van der Waals surface area contributed by atoms with Gasteiger partial charge >= 0.3 is 6.18 Å². The molecule has 5 nitrogen and oxygen atoms in total. The minimum atomic E-state index is -4.47. The highest BCUT2D eigenvalue weighted by Crippen LogP contribution is 2.29. The number of pyridine rings is 1. The van der Waals surface area contributed by atoms with E-state index in [1.807, 2.05) is 0 Å². The van der Waals surface area contributed by atoms with E-state index in [2.05, 4.69) is 15.2 Å². The molecular weight excluding hydrogens is 347 g/mol. The van der Waals surface area contributed by atoms with Gasteiger partial charge in [0, 0.05) is 12.6 Å². The summed E-state index contributed by atoms with van der Waals surface area (Å²) in [5.41, 5.74) is -0.941. The topological polar surface area (TPSA) is 54.5 Å². The van der Waals surface area contributed by atoms with Gasteiger partial charge in [-0.1, -0.05) is 6.07 Å². The van der Waals surface area contributed by atoms with Crippen LogP contribution >= 0.6 is 0 Å². The van der Waals surface area contributed by atoms with Crippen LogP contribution in [0.15, 0.2) is 18.2 Å². The zero-order valence-corrected chi connectivity index (χ0v) is 14.6. The first kappa shape index (κ1) is 18.9.